The van der Waals surface area contributed by atoms with Crippen molar-refractivity contribution in [1.82, 2.24) is 4.90 Å². The highest BCUT2D eigenvalue weighted by Crippen LogP contribution is 2.30. The number of rotatable bonds is 2. The second kappa shape index (κ2) is 3.61. The van der Waals surface area contributed by atoms with Gasteiger partial charge in [0, 0.05) is 5.54 Å². The molecule has 0 N–H and O–H groups in total. The van der Waals surface area contributed by atoms with Crippen LogP contribution in [0.3, 0.4) is 0 Å². The monoisotopic (exact) mass is 167 g/mol. The number of hydrogen-bond donors (Lipinski definition) is 0. The summed E-state index contributed by atoms with van der Waals surface area (Å²) in [6.07, 6.45) is 6.30. The van der Waals surface area contributed by atoms with Gasteiger partial charge in [-0.2, -0.15) is 0 Å². The van der Waals surface area contributed by atoms with Crippen molar-refractivity contribution < 1.29 is 0 Å². The molecule has 0 aromatic rings. The van der Waals surface area contributed by atoms with Crippen molar-refractivity contribution in [3.05, 3.63) is 11.6 Å². The number of allylic oxidation sites excluding steroid dienone is 1. The van der Waals surface area contributed by atoms with E-state index in [1.54, 1.807) is 0 Å². The predicted octanol–water partition coefficient (Wildman–Crippen LogP) is 2.83. The minimum atomic E-state index is 0.442. The predicted molar refractivity (Wildman–Crippen MR) is 54.3 cm³/mol. The highest BCUT2D eigenvalue weighted by Gasteiger charge is 2.32. The minimum Gasteiger partial charge on any atom is -0.301 e. The lowest BCUT2D eigenvalue weighted by atomic mass is 9.94. The Kier molecular flexibility index (Phi) is 2.94. The maximum absolute atomic E-state index is 2.49. The first-order valence-electron chi connectivity index (χ1n) is 4.89. The molecule has 1 aliphatic heterocycles. The molecule has 70 valence electrons. The molecule has 1 saturated heterocycles. The smallest absolute Gasteiger partial charge is 0.0213 e. The Balaban J connectivity index is 2.54. The summed E-state index contributed by atoms with van der Waals surface area (Å²) in [5.41, 5.74) is 1.88. The Bertz CT molecular complexity index is 179. The second-order valence-corrected chi connectivity index (χ2v) is 4.51. The summed E-state index contributed by atoms with van der Waals surface area (Å²) in [7, 11) is 2.24. The van der Waals surface area contributed by atoms with Crippen LogP contribution in [0.15, 0.2) is 11.6 Å². The highest BCUT2D eigenvalue weighted by atomic mass is 15.2. The van der Waals surface area contributed by atoms with Crippen LogP contribution >= 0.6 is 0 Å². The van der Waals surface area contributed by atoms with Crippen molar-refractivity contribution in [3.8, 4) is 0 Å². The molecule has 1 unspecified atom stereocenters. The molecule has 0 aliphatic carbocycles. The number of hydrogen-bond acceptors (Lipinski definition) is 1. The average molecular weight is 167 g/mol. The molecule has 12 heavy (non-hydrogen) atoms. The van der Waals surface area contributed by atoms with Crippen molar-refractivity contribution >= 4 is 0 Å². The number of likely N-dealkylation sites (tertiary alicyclic amines) is 1. The van der Waals surface area contributed by atoms with E-state index in [4.69, 9.17) is 0 Å². The molecule has 1 nitrogen and oxygen atoms in total. The van der Waals surface area contributed by atoms with Crippen molar-refractivity contribution in [2.24, 2.45) is 0 Å². The van der Waals surface area contributed by atoms with E-state index >= 15 is 0 Å². The molecule has 0 bridgehead atoms. The molecule has 1 rings (SSSR count). The standard InChI is InChI=1S/C11H21N/c1-10(2)6-8-11(3)7-5-9-12(11)4/h6H,5,7-9H2,1-4H3. The minimum absolute atomic E-state index is 0.442. The summed E-state index contributed by atoms with van der Waals surface area (Å²) >= 11 is 0. The van der Waals surface area contributed by atoms with E-state index in [2.05, 4.69) is 38.8 Å². The molecule has 1 atom stereocenters. The molecule has 0 aromatic carbocycles. The molecule has 0 aromatic heterocycles. The SMILES string of the molecule is CC(C)=CCC1(C)CCCN1C. The van der Waals surface area contributed by atoms with Crippen molar-refractivity contribution in [3.63, 3.8) is 0 Å². The van der Waals surface area contributed by atoms with E-state index < -0.39 is 0 Å². The van der Waals surface area contributed by atoms with E-state index in [0.29, 0.717) is 5.54 Å². The van der Waals surface area contributed by atoms with Crippen LogP contribution in [-0.2, 0) is 0 Å². The van der Waals surface area contributed by atoms with Gasteiger partial charge in [-0.05, 0) is 53.6 Å². The van der Waals surface area contributed by atoms with Crippen LogP contribution in [0.1, 0.15) is 40.0 Å². The Labute approximate surface area is 76.5 Å². The Morgan fingerprint density at radius 3 is 2.58 bits per heavy atom. The summed E-state index contributed by atoms with van der Waals surface area (Å²) in [6, 6.07) is 0. The fourth-order valence-corrected chi connectivity index (χ4v) is 1.84. The molecule has 0 amide bonds. The zero-order chi connectivity index (χ0) is 9.19. The van der Waals surface area contributed by atoms with Gasteiger partial charge >= 0.3 is 0 Å². The van der Waals surface area contributed by atoms with Crippen LogP contribution in [0.25, 0.3) is 0 Å². The normalized spacial score (nSPS) is 30.7. The van der Waals surface area contributed by atoms with Gasteiger partial charge in [0.2, 0.25) is 0 Å². The summed E-state index contributed by atoms with van der Waals surface area (Å²) in [4.78, 5) is 2.49. The van der Waals surface area contributed by atoms with Crippen molar-refractivity contribution in [2.75, 3.05) is 13.6 Å². The van der Waals surface area contributed by atoms with Crippen molar-refractivity contribution in [2.45, 2.75) is 45.6 Å². The molecule has 0 saturated carbocycles. The fourth-order valence-electron chi connectivity index (χ4n) is 1.84. The fraction of sp³-hybridized carbons (Fsp3) is 0.818. The zero-order valence-corrected chi connectivity index (χ0v) is 8.85. The van der Waals surface area contributed by atoms with Crippen LogP contribution < -0.4 is 0 Å². The quantitative estimate of drug-likeness (QED) is 0.572. The van der Waals surface area contributed by atoms with Gasteiger partial charge in [-0.15, -0.1) is 0 Å². The van der Waals surface area contributed by atoms with Crippen molar-refractivity contribution in [1.29, 1.82) is 0 Å². The molecular weight excluding hydrogens is 146 g/mol. The second-order valence-electron chi connectivity index (χ2n) is 4.51. The maximum Gasteiger partial charge on any atom is 0.0213 e. The van der Waals surface area contributed by atoms with E-state index in [1.807, 2.05) is 0 Å². The Hall–Kier alpha value is -0.300. The van der Waals surface area contributed by atoms with E-state index in [9.17, 15) is 0 Å². The van der Waals surface area contributed by atoms with Gasteiger partial charge in [0.1, 0.15) is 0 Å². The maximum atomic E-state index is 2.49. The average Bonchev–Trinajstić information content (AvgIpc) is 2.30. The Morgan fingerprint density at radius 1 is 1.50 bits per heavy atom. The highest BCUT2D eigenvalue weighted by molar-refractivity contribution is 5.02. The molecular formula is C11H21N. The van der Waals surface area contributed by atoms with E-state index in [0.717, 1.165) is 0 Å². The summed E-state index contributed by atoms with van der Waals surface area (Å²) in [5, 5.41) is 0. The zero-order valence-electron chi connectivity index (χ0n) is 8.85. The topological polar surface area (TPSA) is 3.24 Å². The summed E-state index contributed by atoms with van der Waals surface area (Å²) < 4.78 is 0. The lowest BCUT2D eigenvalue weighted by Gasteiger charge is -2.31. The molecule has 1 fully saturated rings. The largest absolute Gasteiger partial charge is 0.301 e. The van der Waals surface area contributed by atoms with Gasteiger partial charge in [-0.3, -0.25) is 0 Å². The lowest BCUT2D eigenvalue weighted by Crippen LogP contribution is -2.37. The van der Waals surface area contributed by atoms with Gasteiger partial charge in [-0.25, -0.2) is 0 Å². The summed E-state index contributed by atoms with van der Waals surface area (Å²) in [6.45, 7) is 8.00. The molecule has 0 radical (unpaired) electrons. The first-order valence-corrected chi connectivity index (χ1v) is 4.89. The van der Waals surface area contributed by atoms with E-state index in [1.165, 1.54) is 31.4 Å². The third-order valence-corrected chi connectivity index (χ3v) is 3.08. The van der Waals surface area contributed by atoms with Gasteiger partial charge in [0.25, 0.3) is 0 Å². The molecule has 0 spiro atoms. The number of nitrogens with zero attached hydrogens (tertiary/aromatic N) is 1. The van der Waals surface area contributed by atoms with Crippen LogP contribution in [0.5, 0.6) is 0 Å². The molecule has 1 heteroatoms. The van der Waals surface area contributed by atoms with Gasteiger partial charge in [0.05, 0.1) is 0 Å². The van der Waals surface area contributed by atoms with Crippen LogP contribution in [0.2, 0.25) is 0 Å². The molecule has 1 aliphatic rings. The van der Waals surface area contributed by atoms with Gasteiger partial charge in [0.15, 0.2) is 0 Å². The third kappa shape index (κ3) is 2.10. The van der Waals surface area contributed by atoms with E-state index in [-0.39, 0.29) is 0 Å². The van der Waals surface area contributed by atoms with Gasteiger partial charge in [-0.1, -0.05) is 11.6 Å². The van der Waals surface area contributed by atoms with Gasteiger partial charge < -0.3 is 4.90 Å². The molecule has 1 heterocycles. The first-order chi connectivity index (χ1) is 5.54. The van der Waals surface area contributed by atoms with Crippen LogP contribution in [0.4, 0.5) is 0 Å². The third-order valence-electron chi connectivity index (χ3n) is 3.08. The van der Waals surface area contributed by atoms with Crippen LogP contribution in [-0.4, -0.2) is 24.0 Å². The lowest BCUT2D eigenvalue weighted by molar-refractivity contribution is 0.198. The summed E-state index contributed by atoms with van der Waals surface area (Å²) in [5.74, 6) is 0. The first kappa shape index (κ1) is 9.79. The Morgan fingerprint density at radius 2 is 2.17 bits per heavy atom. The van der Waals surface area contributed by atoms with Crippen LogP contribution in [0, 0.1) is 0 Å².